The van der Waals surface area contributed by atoms with Crippen molar-refractivity contribution in [3.05, 3.63) is 12.7 Å². The summed E-state index contributed by atoms with van der Waals surface area (Å²) in [5, 5.41) is 18.7. The van der Waals surface area contributed by atoms with Gasteiger partial charge in [0.05, 0.1) is 24.7 Å². The Morgan fingerprint density at radius 3 is 2.53 bits per heavy atom. The molecule has 0 radical (unpaired) electrons. The van der Waals surface area contributed by atoms with E-state index in [1.807, 2.05) is 6.07 Å². The maximum absolute atomic E-state index is 12.1. The summed E-state index contributed by atoms with van der Waals surface area (Å²) in [6.45, 7) is 7.53. The summed E-state index contributed by atoms with van der Waals surface area (Å²) >= 11 is 0. The van der Waals surface area contributed by atoms with E-state index in [1.54, 1.807) is 6.92 Å². The normalized spacial score (nSPS) is 14.5. The summed E-state index contributed by atoms with van der Waals surface area (Å²) in [5.41, 5.74) is -1.42. The van der Waals surface area contributed by atoms with Crippen LogP contribution in [0.25, 0.3) is 0 Å². The molecule has 4 heteroatoms. The second-order valence-corrected chi connectivity index (χ2v) is 4.47. The van der Waals surface area contributed by atoms with E-state index >= 15 is 0 Å². The number of hydrogen-bond acceptors (Lipinski definition) is 4. The molecule has 104 valence electrons. The monoisotopic (exact) mass is 262 g/mol. The Morgan fingerprint density at radius 2 is 2.11 bits per heavy atom. The van der Waals surface area contributed by atoms with Gasteiger partial charge in [-0.2, -0.15) is 10.5 Å². The van der Waals surface area contributed by atoms with Crippen molar-refractivity contribution in [1.82, 2.24) is 0 Å². The number of hydrogen-bond donors (Lipinski definition) is 0. The molecule has 0 aliphatic rings. The van der Waals surface area contributed by atoms with Crippen LogP contribution in [0.5, 0.6) is 0 Å². The summed E-state index contributed by atoms with van der Waals surface area (Å²) in [7, 11) is 0. The van der Waals surface area contributed by atoms with Crippen LogP contribution >= 0.6 is 0 Å². The van der Waals surface area contributed by atoms with Crippen LogP contribution in [0.1, 0.15) is 46.0 Å². The summed E-state index contributed by atoms with van der Waals surface area (Å²) in [5.74, 6) is -1.26. The lowest BCUT2D eigenvalue weighted by Gasteiger charge is -2.27. The Bertz CT molecular complexity index is 379. The van der Waals surface area contributed by atoms with Gasteiger partial charge in [-0.3, -0.25) is 4.79 Å². The Kier molecular flexibility index (Phi) is 8.29. The lowest BCUT2D eigenvalue weighted by molar-refractivity contribution is -0.153. The molecule has 4 nitrogen and oxygen atoms in total. The van der Waals surface area contributed by atoms with Gasteiger partial charge in [0.2, 0.25) is 0 Å². The number of ether oxygens (including phenoxy) is 1. The van der Waals surface area contributed by atoms with E-state index in [0.29, 0.717) is 6.42 Å². The minimum atomic E-state index is -1.42. The number of nitriles is 2. The zero-order chi connectivity index (χ0) is 14.7. The molecule has 0 aliphatic heterocycles. The van der Waals surface area contributed by atoms with Crippen molar-refractivity contribution < 1.29 is 9.53 Å². The third kappa shape index (κ3) is 4.41. The molecule has 2 unspecified atom stereocenters. The molecule has 0 aromatic rings. The van der Waals surface area contributed by atoms with Crippen LogP contribution in [0.15, 0.2) is 12.7 Å². The van der Waals surface area contributed by atoms with E-state index in [1.165, 1.54) is 6.08 Å². The van der Waals surface area contributed by atoms with Gasteiger partial charge in [0.15, 0.2) is 5.41 Å². The average molecular weight is 262 g/mol. The molecule has 0 aliphatic carbocycles. The van der Waals surface area contributed by atoms with Gasteiger partial charge in [-0.15, -0.1) is 6.58 Å². The molecule has 0 saturated heterocycles. The van der Waals surface area contributed by atoms with Crippen molar-refractivity contribution in [2.24, 2.45) is 11.3 Å². The van der Waals surface area contributed by atoms with E-state index in [-0.39, 0.29) is 13.0 Å². The second kappa shape index (κ2) is 9.16. The summed E-state index contributed by atoms with van der Waals surface area (Å²) in [6.07, 6.45) is 5.02. The van der Waals surface area contributed by atoms with Crippen LogP contribution in [-0.4, -0.2) is 12.6 Å². The van der Waals surface area contributed by atoms with Gasteiger partial charge in [-0.1, -0.05) is 32.3 Å². The first-order valence-corrected chi connectivity index (χ1v) is 6.71. The van der Waals surface area contributed by atoms with Crippen molar-refractivity contribution in [1.29, 1.82) is 10.5 Å². The van der Waals surface area contributed by atoms with Gasteiger partial charge in [-0.05, 0) is 19.8 Å². The number of rotatable bonds is 9. The van der Waals surface area contributed by atoms with E-state index < -0.39 is 17.3 Å². The predicted molar refractivity (Wildman–Crippen MR) is 72.7 cm³/mol. The minimum absolute atomic E-state index is 0.146. The van der Waals surface area contributed by atoms with E-state index in [9.17, 15) is 15.3 Å². The van der Waals surface area contributed by atoms with Crippen LogP contribution in [0, 0.1) is 34.0 Å². The summed E-state index contributed by atoms with van der Waals surface area (Å²) in [4.78, 5) is 12.1. The molecular formula is C15H22N2O2. The largest absolute Gasteiger partial charge is 0.465 e. The average Bonchev–Trinajstić information content (AvgIpc) is 2.42. The molecule has 0 rings (SSSR count). The van der Waals surface area contributed by atoms with Crippen molar-refractivity contribution in [2.45, 2.75) is 46.0 Å². The SMILES string of the molecule is C=CCC(C#N)(C(=O)OCC)C(C#N)CCCCC. The highest BCUT2D eigenvalue weighted by Crippen LogP contribution is 2.36. The molecule has 0 amide bonds. The van der Waals surface area contributed by atoms with Crippen molar-refractivity contribution >= 4 is 5.97 Å². The fraction of sp³-hybridized carbons (Fsp3) is 0.667. The molecule has 0 saturated carbocycles. The Balaban J connectivity index is 5.18. The fourth-order valence-corrected chi connectivity index (χ4v) is 2.04. The Morgan fingerprint density at radius 1 is 1.42 bits per heavy atom. The van der Waals surface area contributed by atoms with Crippen molar-refractivity contribution in [3.63, 3.8) is 0 Å². The first kappa shape index (κ1) is 17.2. The van der Waals surface area contributed by atoms with Crippen LogP contribution in [0.2, 0.25) is 0 Å². The standard InChI is InChI=1S/C15H22N2O2/c1-4-7-8-9-13(11-16)15(12-17,10-5-2)14(18)19-6-3/h5,13H,2,4,6-10H2,1,3H3. The first-order valence-electron chi connectivity index (χ1n) is 6.71. The van der Waals surface area contributed by atoms with Crippen LogP contribution in [0.3, 0.4) is 0 Å². The number of unbranched alkanes of at least 4 members (excludes halogenated alkanes) is 2. The maximum atomic E-state index is 12.1. The Labute approximate surface area is 115 Å². The minimum Gasteiger partial charge on any atom is -0.465 e. The number of carbonyl (C=O) groups is 1. The van der Waals surface area contributed by atoms with Gasteiger partial charge in [0, 0.05) is 0 Å². The van der Waals surface area contributed by atoms with Gasteiger partial charge < -0.3 is 4.74 Å². The van der Waals surface area contributed by atoms with Crippen molar-refractivity contribution in [2.75, 3.05) is 6.61 Å². The van der Waals surface area contributed by atoms with Gasteiger partial charge in [-0.25, -0.2) is 0 Å². The number of esters is 1. The number of allylic oxidation sites excluding steroid dienone is 1. The maximum Gasteiger partial charge on any atom is 0.328 e. The molecule has 2 atom stereocenters. The highest BCUT2D eigenvalue weighted by atomic mass is 16.5. The molecule has 0 aromatic heterocycles. The van der Waals surface area contributed by atoms with Crippen LogP contribution < -0.4 is 0 Å². The number of nitrogens with zero attached hydrogens (tertiary/aromatic N) is 2. The van der Waals surface area contributed by atoms with E-state index in [4.69, 9.17) is 4.74 Å². The highest BCUT2D eigenvalue weighted by Gasteiger charge is 2.46. The predicted octanol–water partition coefficient (Wildman–Crippen LogP) is 3.36. The van der Waals surface area contributed by atoms with Gasteiger partial charge >= 0.3 is 5.97 Å². The van der Waals surface area contributed by atoms with E-state index in [2.05, 4.69) is 19.6 Å². The third-order valence-electron chi connectivity index (χ3n) is 3.15. The van der Waals surface area contributed by atoms with Crippen LogP contribution in [0.4, 0.5) is 0 Å². The first-order chi connectivity index (χ1) is 9.12. The quantitative estimate of drug-likeness (QED) is 0.363. The zero-order valence-corrected chi connectivity index (χ0v) is 11.8. The van der Waals surface area contributed by atoms with Crippen molar-refractivity contribution in [3.8, 4) is 12.1 Å². The smallest absolute Gasteiger partial charge is 0.328 e. The molecule has 0 N–H and O–H groups in total. The van der Waals surface area contributed by atoms with Gasteiger partial charge in [0.1, 0.15) is 0 Å². The fourth-order valence-electron chi connectivity index (χ4n) is 2.04. The topological polar surface area (TPSA) is 73.9 Å². The third-order valence-corrected chi connectivity index (χ3v) is 3.15. The summed E-state index contributed by atoms with van der Waals surface area (Å²) < 4.78 is 4.98. The molecule has 0 heterocycles. The Hall–Kier alpha value is -1.81. The number of carbonyl (C=O) groups excluding carboxylic acids is 1. The van der Waals surface area contributed by atoms with Gasteiger partial charge in [0.25, 0.3) is 0 Å². The summed E-state index contributed by atoms with van der Waals surface area (Å²) in [6, 6.07) is 4.12. The molecule has 0 spiro atoms. The second-order valence-electron chi connectivity index (χ2n) is 4.47. The molecule has 0 bridgehead atoms. The lowest BCUT2D eigenvalue weighted by atomic mass is 9.72. The molecular weight excluding hydrogens is 240 g/mol. The molecule has 0 aromatic carbocycles. The van der Waals surface area contributed by atoms with Crippen LogP contribution in [-0.2, 0) is 9.53 Å². The molecule has 19 heavy (non-hydrogen) atoms. The molecule has 0 fully saturated rings. The zero-order valence-electron chi connectivity index (χ0n) is 11.8. The van der Waals surface area contributed by atoms with E-state index in [0.717, 1.165) is 19.3 Å². The lowest BCUT2D eigenvalue weighted by Crippen LogP contribution is -2.38. The highest BCUT2D eigenvalue weighted by molar-refractivity contribution is 5.81.